The van der Waals surface area contributed by atoms with Crippen molar-refractivity contribution in [2.75, 3.05) is 0 Å². The summed E-state index contributed by atoms with van der Waals surface area (Å²) < 4.78 is 2.29. The second-order valence-electron chi connectivity index (χ2n) is 2.97. The van der Waals surface area contributed by atoms with E-state index in [1.807, 2.05) is 30.5 Å². The summed E-state index contributed by atoms with van der Waals surface area (Å²) in [7, 11) is 1.74. The molecule has 0 aliphatic carbocycles. The molecule has 3 nitrogen and oxygen atoms in total. The van der Waals surface area contributed by atoms with Gasteiger partial charge < -0.3 is 0 Å². The van der Waals surface area contributed by atoms with Crippen LogP contribution < -0.4 is 5.56 Å². The van der Waals surface area contributed by atoms with Crippen LogP contribution in [0.5, 0.6) is 0 Å². The summed E-state index contributed by atoms with van der Waals surface area (Å²) in [6, 6.07) is 1.87. The van der Waals surface area contributed by atoms with Gasteiger partial charge in [-0.3, -0.25) is 9.36 Å². The molecule has 0 aromatic carbocycles. The van der Waals surface area contributed by atoms with Crippen LogP contribution in [0.3, 0.4) is 0 Å². The molecule has 0 spiro atoms. The Morgan fingerprint density at radius 3 is 3.07 bits per heavy atom. The fourth-order valence-corrected chi connectivity index (χ4v) is 2.11. The monoisotopic (exact) mass is 206 g/mol. The van der Waals surface area contributed by atoms with Gasteiger partial charge in [-0.2, -0.15) is 0 Å². The van der Waals surface area contributed by atoms with Crippen LogP contribution in [-0.2, 0) is 7.05 Å². The van der Waals surface area contributed by atoms with Gasteiger partial charge in [-0.15, -0.1) is 11.3 Å². The predicted molar refractivity (Wildman–Crippen MR) is 59.6 cm³/mol. The predicted octanol–water partition coefficient (Wildman–Crippen LogP) is 2.03. The van der Waals surface area contributed by atoms with Gasteiger partial charge in [0, 0.05) is 7.05 Å². The van der Waals surface area contributed by atoms with Gasteiger partial charge in [0.1, 0.15) is 10.5 Å². The number of hydrogen-bond donors (Lipinski definition) is 0. The molecule has 0 saturated heterocycles. The zero-order valence-electron chi connectivity index (χ0n) is 8.02. The van der Waals surface area contributed by atoms with Crippen LogP contribution in [0.25, 0.3) is 16.3 Å². The van der Waals surface area contributed by atoms with Crippen molar-refractivity contribution in [1.29, 1.82) is 0 Å². The highest BCUT2D eigenvalue weighted by Gasteiger charge is 2.06. The largest absolute Gasteiger partial charge is 0.295 e. The first kappa shape index (κ1) is 9.15. The van der Waals surface area contributed by atoms with Crippen molar-refractivity contribution < 1.29 is 0 Å². The zero-order valence-corrected chi connectivity index (χ0v) is 8.84. The molecule has 2 aromatic heterocycles. The summed E-state index contributed by atoms with van der Waals surface area (Å²) in [5.41, 5.74) is 0.810. The maximum absolute atomic E-state index is 11.8. The Hall–Kier alpha value is -1.42. The first-order valence-electron chi connectivity index (χ1n) is 4.31. The van der Waals surface area contributed by atoms with E-state index in [4.69, 9.17) is 0 Å². The lowest BCUT2D eigenvalue weighted by Gasteiger charge is -2.01. The zero-order chi connectivity index (χ0) is 10.1. The number of fused-ring (bicyclic) bond motifs is 1. The summed E-state index contributed by atoms with van der Waals surface area (Å²) in [4.78, 5) is 16.2. The van der Waals surface area contributed by atoms with Gasteiger partial charge in [-0.1, -0.05) is 6.08 Å². The van der Waals surface area contributed by atoms with E-state index in [1.165, 1.54) is 11.3 Å². The fourth-order valence-electron chi connectivity index (χ4n) is 1.30. The van der Waals surface area contributed by atoms with E-state index >= 15 is 0 Å². The standard InChI is InChI=1S/C10H10N2OS/c1-3-4-8-11-7-5-6-14-9(7)10(13)12(8)2/h3-6H,1-2H3/b4-3+. The molecule has 0 N–H and O–H groups in total. The normalized spacial score (nSPS) is 11.6. The number of nitrogens with zero attached hydrogens (tertiary/aromatic N) is 2. The molecule has 2 rings (SSSR count). The topological polar surface area (TPSA) is 34.9 Å². The lowest BCUT2D eigenvalue weighted by atomic mass is 10.4. The SMILES string of the molecule is C/C=C/c1nc2ccsc2c(=O)n1C. The van der Waals surface area contributed by atoms with E-state index in [9.17, 15) is 4.79 Å². The minimum atomic E-state index is 0.0260. The van der Waals surface area contributed by atoms with Crippen LogP contribution in [0.2, 0.25) is 0 Å². The second-order valence-corrected chi connectivity index (χ2v) is 3.89. The summed E-state index contributed by atoms with van der Waals surface area (Å²) in [6.45, 7) is 1.91. The van der Waals surface area contributed by atoms with E-state index in [0.717, 1.165) is 10.2 Å². The summed E-state index contributed by atoms with van der Waals surface area (Å²) in [5.74, 6) is 0.698. The molecule has 0 aliphatic heterocycles. The molecule has 0 bridgehead atoms. The molecule has 0 aliphatic rings. The molecular weight excluding hydrogens is 196 g/mol. The second kappa shape index (κ2) is 3.38. The first-order chi connectivity index (χ1) is 6.74. The van der Waals surface area contributed by atoms with E-state index in [-0.39, 0.29) is 5.56 Å². The Kier molecular flexibility index (Phi) is 2.21. The molecule has 0 unspecified atom stereocenters. The Labute approximate surface area is 85.3 Å². The number of hydrogen-bond acceptors (Lipinski definition) is 3. The van der Waals surface area contributed by atoms with Crippen molar-refractivity contribution in [2.45, 2.75) is 6.92 Å². The molecule has 2 heterocycles. The van der Waals surface area contributed by atoms with Crippen LogP contribution in [0.15, 0.2) is 22.3 Å². The Balaban J connectivity index is 2.87. The quantitative estimate of drug-likeness (QED) is 0.715. The van der Waals surface area contributed by atoms with Crippen LogP contribution in [-0.4, -0.2) is 9.55 Å². The smallest absolute Gasteiger partial charge is 0.271 e. The van der Waals surface area contributed by atoms with Crippen molar-refractivity contribution in [3.63, 3.8) is 0 Å². The molecule has 14 heavy (non-hydrogen) atoms. The number of thiophene rings is 1. The van der Waals surface area contributed by atoms with Crippen molar-refractivity contribution in [2.24, 2.45) is 7.05 Å². The van der Waals surface area contributed by atoms with Crippen LogP contribution >= 0.6 is 11.3 Å². The van der Waals surface area contributed by atoms with Crippen molar-refractivity contribution in [1.82, 2.24) is 9.55 Å². The number of rotatable bonds is 1. The number of allylic oxidation sites excluding steroid dienone is 1. The summed E-state index contributed by atoms with van der Waals surface area (Å²) >= 11 is 1.43. The maximum atomic E-state index is 11.8. The van der Waals surface area contributed by atoms with Gasteiger partial charge in [-0.05, 0) is 24.4 Å². The van der Waals surface area contributed by atoms with Gasteiger partial charge in [0.2, 0.25) is 0 Å². The highest BCUT2D eigenvalue weighted by molar-refractivity contribution is 7.17. The lowest BCUT2D eigenvalue weighted by Crippen LogP contribution is -2.19. The third-order valence-electron chi connectivity index (χ3n) is 2.04. The third kappa shape index (κ3) is 1.28. The minimum Gasteiger partial charge on any atom is -0.295 e. The van der Waals surface area contributed by atoms with Gasteiger partial charge >= 0.3 is 0 Å². The Bertz CT molecular complexity index is 551. The molecule has 0 atom stereocenters. The van der Waals surface area contributed by atoms with Gasteiger partial charge in [0.05, 0.1) is 5.52 Å². The molecular formula is C10H10N2OS. The van der Waals surface area contributed by atoms with Crippen molar-refractivity contribution >= 4 is 27.6 Å². The van der Waals surface area contributed by atoms with Gasteiger partial charge in [0.15, 0.2) is 0 Å². The first-order valence-corrected chi connectivity index (χ1v) is 5.19. The van der Waals surface area contributed by atoms with E-state index in [0.29, 0.717) is 5.82 Å². The molecule has 2 aromatic rings. The van der Waals surface area contributed by atoms with Gasteiger partial charge in [0.25, 0.3) is 5.56 Å². The highest BCUT2D eigenvalue weighted by Crippen LogP contribution is 2.14. The van der Waals surface area contributed by atoms with Crippen molar-refractivity contribution in [3.8, 4) is 0 Å². The van der Waals surface area contributed by atoms with Crippen LogP contribution in [0.1, 0.15) is 12.7 Å². The van der Waals surface area contributed by atoms with Crippen LogP contribution in [0, 0.1) is 0 Å². The van der Waals surface area contributed by atoms with Gasteiger partial charge in [-0.25, -0.2) is 4.98 Å². The molecule has 0 fully saturated rings. The summed E-state index contributed by atoms with van der Waals surface area (Å²) in [6.07, 6.45) is 3.71. The summed E-state index contributed by atoms with van der Waals surface area (Å²) in [5, 5.41) is 1.89. The average molecular weight is 206 g/mol. The van der Waals surface area contributed by atoms with E-state index < -0.39 is 0 Å². The van der Waals surface area contributed by atoms with E-state index in [2.05, 4.69) is 4.98 Å². The minimum absolute atomic E-state index is 0.0260. The molecule has 0 radical (unpaired) electrons. The number of aromatic nitrogens is 2. The highest BCUT2D eigenvalue weighted by atomic mass is 32.1. The van der Waals surface area contributed by atoms with Crippen LogP contribution in [0.4, 0.5) is 0 Å². The lowest BCUT2D eigenvalue weighted by molar-refractivity contribution is 0.830. The van der Waals surface area contributed by atoms with E-state index in [1.54, 1.807) is 11.6 Å². The third-order valence-corrected chi connectivity index (χ3v) is 2.93. The molecule has 72 valence electrons. The van der Waals surface area contributed by atoms with Crippen molar-refractivity contribution in [3.05, 3.63) is 33.7 Å². The molecule has 0 saturated carbocycles. The maximum Gasteiger partial charge on any atom is 0.271 e. The molecule has 0 amide bonds. The Morgan fingerprint density at radius 2 is 2.36 bits per heavy atom. The fraction of sp³-hybridized carbons (Fsp3) is 0.200. The average Bonchev–Trinajstić information content (AvgIpc) is 2.62. The Morgan fingerprint density at radius 1 is 1.57 bits per heavy atom. The molecule has 4 heteroatoms.